The summed E-state index contributed by atoms with van der Waals surface area (Å²) in [6, 6.07) is 79.5. The van der Waals surface area contributed by atoms with E-state index in [0.29, 0.717) is 5.56 Å². The molecule has 0 fully saturated rings. The van der Waals surface area contributed by atoms with Crippen molar-refractivity contribution in [3.63, 3.8) is 0 Å². The number of carbonyl (C=O) groups is 4. The lowest BCUT2D eigenvalue weighted by Crippen LogP contribution is -1.99. The zero-order valence-electron chi connectivity index (χ0n) is 60.9. The van der Waals surface area contributed by atoms with Crippen molar-refractivity contribution in [2.24, 2.45) is 0 Å². The minimum Gasteiger partial charge on any atom is -0.312 e. The summed E-state index contributed by atoms with van der Waals surface area (Å²) in [6.45, 7) is 44.7. The number of benzene rings is 8. The number of aldehydes is 4. The van der Waals surface area contributed by atoms with E-state index >= 15 is 0 Å². The topological polar surface area (TPSA) is 74.8 Å². The van der Waals surface area contributed by atoms with E-state index in [2.05, 4.69) is 137 Å². The van der Waals surface area contributed by atoms with E-state index in [-0.39, 0.29) is 0 Å². The van der Waals surface area contributed by atoms with Crippen LogP contribution in [0.15, 0.2) is 237 Å². The first kappa shape index (κ1) is 104. The molecule has 0 heterocycles. The highest BCUT2D eigenvalue weighted by molar-refractivity contribution is 5.76. The van der Waals surface area contributed by atoms with Gasteiger partial charge in [-0.25, -0.2) is 0 Å². The van der Waals surface area contributed by atoms with Crippen LogP contribution in [0.4, 0.5) is 0 Å². The number of nitrogens with zero attached hydrogens (tertiary/aromatic N) is 2. The highest BCUT2D eigenvalue weighted by atomic mass is 16.1. The van der Waals surface area contributed by atoms with Crippen molar-refractivity contribution in [3.8, 4) is 22.3 Å². The summed E-state index contributed by atoms with van der Waals surface area (Å²) >= 11 is 0. The first-order valence-electron chi connectivity index (χ1n) is 31.3. The highest BCUT2D eigenvalue weighted by Gasteiger charge is 1.96. The van der Waals surface area contributed by atoms with Crippen LogP contribution in [0.5, 0.6) is 0 Å². The van der Waals surface area contributed by atoms with E-state index < -0.39 is 0 Å². The predicted octanol–water partition coefficient (Wildman–Crippen LogP) is 23.7. The Morgan fingerprint density at radius 3 is 0.437 bits per heavy atom. The lowest BCUT2D eigenvalue weighted by molar-refractivity contribution is -0.106. The van der Waals surface area contributed by atoms with Crippen LogP contribution in [0.25, 0.3) is 22.3 Å². The van der Waals surface area contributed by atoms with Crippen molar-refractivity contribution in [3.05, 3.63) is 264 Å². The van der Waals surface area contributed by atoms with Crippen LogP contribution in [0.1, 0.15) is 164 Å². The number of rotatable bonds is 3. The van der Waals surface area contributed by atoms with Crippen LogP contribution in [0.3, 0.4) is 0 Å². The second-order valence-electron chi connectivity index (χ2n) is 15.8. The van der Waals surface area contributed by atoms with Gasteiger partial charge in [-0.15, -0.1) is 0 Å². The van der Waals surface area contributed by atoms with Crippen LogP contribution in [0, 0.1) is 27.7 Å². The van der Waals surface area contributed by atoms with Crippen LogP contribution in [-0.2, 0) is 14.4 Å². The van der Waals surface area contributed by atoms with Crippen molar-refractivity contribution in [1.29, 1.82) is 0 Å². The van der Waals surface area contributed by atoms with Crippen LogP contribution in [0.2, 0.25) is 0 Å². The largest absolute Gasteiger partial charge is 0.312 e. The van der Waals surface area contributed by atoms with Gasteiger partial charge < -0.3 is 24.2 Å². The Kier molecular flexibility index (Phi) is 120. The van der Waals surface area contributed by atoms with Crippen LogP contribution in [-0.4, -0.2) is 77.2 Å². The molecule has 0 saturated carbocycles. The standard InChI is InChI=1S/C13H10O.C12H10.4C7H8.2C3H9N.3C2H4O.8C2H6/c14-10-11-6-8-13(9-7-11)12-4-2-1-3-5-12;1-3-7-11(8-4-1)12-9-5-2-6-10-12;4*1-7-5-3-2-4-6-7;2*1-4(2)3;3*1-2-3;8*1-2/h1-10H;1-10H;4*2-6H,1H3;2*1-3H3;3*2H,1H3;8*1-2H3. The summed E-state index contributed by atoms with van der Waals surface area (Å²) in [5.41, 5.74) is 10.9. The third-order valence-electron chi connectivity index (χ3n) is 7.80. The van der Waals surface area contributed by atoms with Crippen molar-refractivity contribution >= 4 is 25.1 Å². The molecule has 0 unspecified atom stereocenters. The van der Waals surface area contributed by atoms with Crippen molar-refractivity contribution in [2.45, 2.75) is 159 Å². The molecule has 0 aliphatic rings. The predicted molar refractivity (Wildman–Crippen MR) is 399 cm³/mol. The van der Waals surface area contributed by atoms with Crippen LogP contribution < -0.4 is 0 Å². The molecule has 0 amide bonds. The highest BCUT2D eigenvalue weighted by Crippen LogP contribution is 2.19. The summed E-state index contributed by atoms with van der Waals surface area (Å²) in [5.74, 6) is 0. The second-order valence-corrected chi connectivity index (χ2v) is 15.8. The molecule has 0 aliphatic carbocycles. The monoisotopic (exact) mass is 1200 g/mol. The molecule has 0 bridgehead atoms. The van der Waals surface area contributed by atoms with Crippen LogP contribution >= 0.6 is 0 Å². The Hall–Kier alpha value is -7.64. The lowest BCUT2D eigenvalue weighted by atomic mass is 10.0. The lowest BCUT2D eigenvalue weighted by Gasteiger charge is -2.00. The molecule has 87 heavy (non-hydrogen) atoms. The van der Waals surface area contributed by atoms with Gasteiger partial charge >= 0.3 is 0 Å². The molecular weight excluding hydrogens is 1060 g/mol. The molecular formula is C81H130N2O4. The van der Waals surface area contributed by atoms with Crippen molar-refractivity contribution in [2.75, 3.05) is 42.3 Å². The molecule has 488 valence electrons. The van der Waals surface area contributed by atoms with Gasteiger partial charge in [0.25, 0.3) is 0 Å². The zero-order valence-corrected chi connectivity index (χ0v) is 60.9. The third-order valence-corrected chi connectivity index (χ3v) is 7.80. The van der Waals surface area contributed by atoms with Gasteiger partial charge in [-0.2, -0.15) is 0 Å². The Bertz CT molecular complexity index is 2110. The minimum atomic E-state index is 0.713. The fourth-order valence-electron chi connectivity index (χ4n) is 4.78. The number of hydrogen-bond donors (Lipinski definition) is 0. The SMILES string of the molecule is CC.CC.CC.CC.CC.CC.CC.CC.CC=O.CC=O.CC=O.CN(C)C.CN(C)C.Cc1ccccc1.Cc1ccccc1.Cc1ccccc1.Cc1ccccc1.O=Cc1ccc(-c2ccccc2)cc1.c1ccc(-c2ccccc2)cc1. The van der Waals surface area contributed by atoms with Crippen molar-refractivity contribution in [1.82, 2.24) is 9.80 Å². The average Bonchev–Trinajstić information content (AvgIpc) is 3.78. The van der Waals surface area contributed by atoms with E-state index in [9.17, 15) is 4.79 Å². The van der Waals surface area contributed by atoms with Gasteiger partial charge in [-0.3, -0.25) is 4.79 Å². The van der Waals surface area contributed by atoms with Gasteiger partial charge in [0.15, 0.2) is 0 Å². The third kappa shape index (κ3) is 97.8. The fraction of sp³-hybridized carbons (Fsp3) is 0.358. The quantitative estimate of drug-likeness (QED) is 0.164. The zero-order chi connectivity index (χ0) is 69.8. The van der Waals surface area contributed by atoms with Gasteiger partial charge in [0.2, 0.25) is 0 Å². The fourth-order valence-corrected chi connectivity index (χ4v) is 4.78. The number of carbonyl (C=O) groups excluding carboxylic acids is 4. The number of aryl methyl sites for hydroxylation is 4. The molecule has 6 nitrogen and oxygen atoms in total. The van der Waals surface area contributed by atoms with Gasteiger partial charge in [0.1, 0.15) is 25.1 Å². The molecule has 0 spiro atoms. The normalized spacial score (nSPS) is 7.53. The Morgan fingerprint density at radius 2 is 0.333 bits per heavy atom. The maximum absolute atomic E-state index is 10.5. The molecule has 0 aromatic heterocycles. The molecule has 8 aromatic rings. The summed E-state index contributed by atoms with van der Waals surface area (Å²) < 4.78 is 0. The summed E-state index contributed by atoms with van der Waals surface area (Å²) in [5, 5.41) is 0. The molecule has 0 N–H and O–H groups in total. The maximum atomic E-state index is 10.5. The van der Waals surface area contributed by atoms with Gasteiger partial charge in [0, 0.05) is 5.56 Å². The summed E-state index contributed by atoms with van der Waals surface area (Å²) in [4.78, 5) is 40.9. The van der Waals surface area contributed by atoms with Gasteiger partial charge in [-0.05, 0) is 113 Å². The van der Waals surface area contributed by atoms with E-state index in [1.807, 2.05) is 290 Å². The van der Waals surface area contributed by atoms with E-state index in [1.165, 1.54) is 59.7 Å². The van der Waals surface area contributed by atoms with E-state index in [0.717, 1.165) is 30.7 Å². The first-order chi connectivity index (χ1) is 42.1. The minimum absolute atomic E-state index is 0.713. The first-order valence-corrected chi connectivity index (χ1v) is 31.3. The van der Waals surface area contributed by atoms with Crippen molar-refractivity contribution < 1.29 is 19.2 Å². The molecule has 8 aromatic carbocycles. The summed E-state index contributed by atoms with van der Waals surface area (Å²) in [6.07, 6.45) is 3.11. The molecule has 8 rings (SSSR count). The van der Waals surface area contributed by atoms with E-state index in [1.54, 1.807) is 0 Å². The Morgan fingerprint density at radius 1 is 0.218 bits per heavy atom. The second kappa shape index (κ2) is 100. The molecule has 0 aliphatic heterocycles. The van der Waals surface area contributed by atoms with Gasteiger partial charge in [0.05, 0.1) is 0 Å². The Labute approximate surface area is 539 Å². The van der Waals surface area contributed by atoms with E-state index in [4.69, 9.17) is 14.4 Å². The summed E-state index contributed by atoms with van der Waals surface area (Å²) in [7, 11) is 12.0. The molecule has 0 atom stereocenters. The van der Waals surface area contributed by atoms with Gasteiger partial charge in [-0.1, -0.05) is 370 Å². The molecule has 6 heteroatoms. The Balaban J connectivity index is -0.0000000816. The average molecular weight is 1200 g/mol. The maximum Gasteiger partial charge on any atom is 0.150 e. The number of hydrogen-bond acceptors (Lipinski definition) is 6. The molecule has 0 saturated heterocycles. The smallest absolute Gasteiger partial charge is 0.150 e. The molecule has 0 radical (unpaired) electrons.